The fourth-order valence-corrected chi connectivity index (χ4v) is 3.16. The van der Waals surface area contributed by atoms with E-state index in [-0.39, 0.29) is 4.32 Å². The van der Waals surface area contributed by atoms with Crippen LogP contribution < -0.4 is 5.11 Å². The van der Waals surface area contributed by atoms with Crippen LogP contribution in [-0.2, 0) is 9.59 Å². The number of nitrogens with zero attached hydrogens (tertiary/aromatic N) is 2. The van der Waals surface area contributed by atoms with Crippen molar-refractivity contribution < 1.29 is 14.7 Å². The van der Waals surface area contributed by atoms with Crippen LogP contribution in [0.2, 0.25) is 0 Å². The molecule has 0 aliphatic carbocycles. The standard InChI is InChI=1S/C10H8N2O3S3/c1-5-11-6(4-17-5)2-7-9(15)12(3-8(13)14)10(16)18-7/h2,4H,3H2,1H3,(H,13,14)/p-1/b7-2-. The van der Waals surface area contributed by atoms with Crippen LogP contribution in [0, 0.1) is 6.92 Å². The lowest BCUT2D eigenvalue weighted by Gasteiger charge is -2.14. The molecule has 2 heterocycles. The zero-order chi connectivity index (χ0) is 13.3. The van der Waals surface area contributed by atoms with Gasteiger partial charge >= 0.3 is 0 Å². The maximum atomic E-state index is 11.9. The second-order valence-corrected chi connectivity index (χ2v) is 6.17. The van der Waals surface area contributed by atoms with Crippen molar-refractivity contribution in [1.82, 2.24) is 9.88 Å². The third-order valence-corrected chi connectivity index (χ3v) is 4.25. The van der Waals surface area contributed by atoms with Crippen molar-refractivity contribution in [1.29, 1.82) is 0 Å². The summed E-state index contributed by atoms with van der Waals surface area (Å²) in [6.07, 6.45) is 1.61. The summed E-state index contributed by atoms with van der Waals surface area (Å²) >= 11 is 7.50. The van der Waals surface area contributed by atoms with Crippen LogP contribution >= 0.6 is 35.3 Å². The van der Waals surface area contributed by atoms with E-state index in [2.05, 4.69) is 4.98 Å². The molecule has 0 N–H and O–H groups in total. The highest BCUT2D eigenvalue weighted by atomic mass is 32.2. The molecule has 1 amide bonds. The summed E-state index contributed by atoms with van der Waals surface area (Å²) in [6.45, 7) is 1.35. The number of aryl methyl sites for hydroxylation is 1. The smallest absolute Gasteiger partial charge is 0.266 e. The quantitative estimate of drug-likeness (QED) is 0.594. The number of aliphatic carboxylic acids is 1. The molecule has 0 saturated carbocycles. The van der Waals surface area contributed by atoms with Gasteiger partial charge in [-0.05, 0) is 13.0 Å². The zero-order valence-corrected chi connectivity index (χ0v) is 11.7. The predicted octanol–water partition coefficient (Wildman–Crippen LogP) is 0.403. The van der Waals surface area contributed by atoms with Gasteiger partial charge in [-0.25, -0.2) is 4.98 Å². The Balaban J connectivity index is 2.22. The largest absolute Gasteiger partial charge is 0.548 e. The van der Waals surface area contributed by atoms with Gasteiger partial charge in [-0.1, -0.05) is 24.0 Å². The van der Waals surface area contributed by atoms with Gasteiger partial charge in [-0.15, -0.1) is 11.3 Å². The van der Waals surface area contributed by atoms with E-state index in [0.29, 0.717) is 10.6 Å². The minimum absolute atomic E-state index is 0.224. The number of carbonyl (C=O) groups is 2. The molecule has 0 spiro atoms. The first-order valence-electron chi connectivity index (χ1n) is 4.84. The van der Waals surface area contributed by atoms with Gasteiger partial charge < -0.3 is 9.90 Å². The van der Waals surface area contributed by atoms with Gasteiger partial charge in [0.1, 0.15) is 4.32 Å². The fourth-order valence-electron chi connectivity index (χ4n) is 1.35. The minimum atomic E-state index is -1.34. The van der Waals surface area contributed by atoms with Crippen molar-refractivity contribution in [2.75, 3.05) is 6.54 Å². The topological polar surface area (TPSA) is 73.3 Å². The summed E-state index contributed by atoms with van der Waals surface area (Å²) in [6, 6.07) is 0. The van der Waals surface area contributed by atoms with Gasteiger partial charge in [0.25, 0.3) is 5.91 Å². The third-order valence-electron chi connectivity index (χ3n) is 2.08. The van der Waals surface area contributed by atoms with E-state index < -0.39 is 18.4 Å². The Labute approximate surface area is 117 Å². The summed E-state index contributed by atoms with van der Waals surface area (Å²) in [4.78, 5) is 28.0. The molecule has 1 aliphatic heterocycles. The Morgan fingerprint density at radius 2 is 2.39 bits per heavy atom. The summed E-state index contributed by atoms with van der Waals surface area (Å²) in [5.41, 5.74) is 0.673. The van der Waals surface area contributed by atoms with Crippen LogP contribution in [0.15, 0.2) is 10.3 Å². The molecule has 0 atom stereocenters. The van der Waals surface area contributed by atoms with E-state index in [1.807, 2.05) is 12.3 Å². The van der Waals surface area contributed by atoms with Gasteiger partial charge in [0.05, 0.1) is 28.1 Å². The molecular weight excluding hydrogens is 292 g/mol. The maximum Gasteiger partial charge on any atom is 0.266 e. The summed E-state index contributed by atoms with van der Waals surface area (Å²) in [5, 5.41) is 13.2. The number of rotatable bonds is 3. The molecule has 2 rings (SSSR count). The molecular formula is C10H7N2O3S3-. The number of carboxylic acid groups (broad SMARTS) is 1. The summed E-state index contributed by atoms with van der Waals surface area (Å²) < 4.78 is 0.224. The van der Waals surface area contributed by atoms with Crippen molar-refractivity contribution in [3.05, 3.63) is 21.0 Å². The molecule has 0 aromatic carbocycles. The average Bonchev–Trinajstić information content (AvgIpc) is 2.78. The third kappa shape index (κ3) is 2.77. The van der Waals surface area contributed by atoms with Crippen molar-refractivity contribution >= 4 is 57.6 Å². The van der Waals surface area contributed by atoms with Crippen LogP contribution in [-0.4, -0.2) is 32.6 Å². The number of thioether (sulfide) groups is 1. The first-order valence-corrected chi connectivity index (χ1v) is 6.95. The molecule has 0 bridgehead atoms. The second kappa shape index (κ2) is 5.17. The average molecular weight is 299 g/mol. The molecule has 8 heteroatoms. The van der Waals surface area contributed by atoms with E-state index in [4.69, 9.17) is 12.2 Å². The molecule has 18 heavy (non-hydrogen) atoms. The van der Waals surface area contributed by atoms with E-state index in [9.17, 15) is 14.7 Å². The Bertz CT molecular complexity index is 564. The first-order chi connectivity index (χ1) is 8.47. The van der Waals surface area contributed by atoms with Gasteiger partial charge in [-0.3, -0.25) is 9.69 Å². The molecule has 1 fully saturated rings. The monoisotopic (exact) mass is 299 g/mol. The molecule has 1 aromatic heterocycles. The number of carbonyl (C=O) groups excluding carboxylic acids is 2. The lowest BCUT2D eigenvalue weighted by Crippen LogP contribution is -2.40. The zero-order valence-electron chi connectivity index (χ0n) is 9.21. The number of carboxylic acids is 1. The highest BCUT2D eigenvalue weighted by molar-refractivity contribution is 8.26. The predicted molar refractivity (Wildman–Crippen MR) is 71.7 cm³/mol. The van der Waals surface area contributed by atoms with Crippen LogP contribution in [0.25, 0.3) is 6.08 Å². The first kappa shape index (κ1) is 13.2. The van der Waals surface area contributed by atoms with Crippen molar-refractivity contribution in [2.45, 2.75) is 6.92 Å². The highest BCUT2D eigenvalue weighted by Gasteiger charge is 2.31. The summed E-state index contributed by atoms with van der Waals surface area (Å²) in [7, 11) is 0. The van der Waals surface area contributed by atoms with E-state index in [0.717, 1.165) is 21.7 Å². The van der Waals surface area contributed by atoms with E-state index in [1.54, 1.807) is 6.08 Å². The summed E-state index contributed by atoms with van der Waals surface area (Å²) in [5.74, 6) is -1.75. The van der Waals surface area contributed by atoms with Gasteiger partial charge in [0.2, 0.25) is 0 Å². The number of hydrogen-bond acceptors (Lipinski definition) is 7. The number of aromatic nitrogens is 1. The van der Waals surface area contributed by atoms with Gasteiger partial charge in [0, 0.05) is 5.38 Å². The van der Waals surface area contributed by atoms with Crippen molar-refractivity contribution in [3.8, 4) is 0 Å². The van der Waals surface area contributed by atoms with E-state index >= 15 is 0 Å². The van der Waals surface area contributed by atoms with Crippen molar-refractivity contribution in [3.63, 3.8) is 0 Å². The number of thiazole rings is 1. The molecule has 1 aromatic rings. The highest BCUT2D eigenvalue weighted by Crippen LogP contribution is 2.32. The molecule has 94 valence electrons. The van der Waals surface area contributed by atoms with Gasteiger partial charge in [-0.2, -0.15) is 0 Å². The lowest BCUT2D eigenvalue weighted by atomic mass is 10.3. The van der Waals surface area contributed by atoms with Crippen LogP contribution in [0.4, 0.5) is 0 Å². The molecule has 5 nitrogen and oxygen atoms in total. The maximum absolute atomic E-state index is 11.9. The van der Waals surface area contributed by atoms with Crippen LogP contribution in [0.5, 0.6) is 0 Å². The van der Waals surface area contributed by atoms with Crippen LogP contribution in [0.3, 0.4) is 0 Å². The number of thiocarbonyl (C=S) groups is 1. The second-order valence-electron chi connectivity index (χ2n) is 3.43. The normalized spacial score (nSPS) is 17.8. The fraction of sp³-hybridized carbons (Fsp3) is 0.200. The Kier molecular flexibility index (Phi) is 3.79. The molecule has 1 saturated heterocycles. The molecule has 0 radical (unpaired) electrons. The molecule has 0 unspecified atom stereocenters. The Morgan fingerprint density at radius 1 is 1.67 bits per heavy atom. The SMILES string of the molecule is Cc1nc(/C=C2\SC(=S)N(CC(=O)[O-])C2=O)cs1. The Hall–Kier alpha value is -1.25. The number of hydrogen-bond donors (Lipinski definition) is 0. The van der Waals surface area contributed by atoms with Gasteiger partial charge in [0.15, 0.2) is 0 Å². The van der Waals surface area contributed by atoms with E-state index in [1.165, 1.54) is 11.3 Å². The Morgan fingerprint density at radius 3 is 2.94 bits per heavy atom. The number of amides is 1. The molecule has 1 aliphatic rings. The van der Waals surface area contributed by atoms with Crippen LogP contribution in [0.1, 0.15) is 10.7 Å². The minimum Gasteiger partial charge on any atom is -0.548 e. The van der Waals surface area contributed by atoms with Crippen molar-refractivity contribution in [2.24, 2.45) is 0 Å². The lowest BCUT2D eigenvalue weighted by molar-refractivity contribution is -0.305.